The summed E-state index contributed by atoms with van der Waals surface area (Å²) >= 11 is 5.78. The van der Waals surface area contributed by atoms with Gasteiger partial charge in [-0.2, -0.15) is 0 Å². The van der Waals surface area contributed by atoms with E-state index in [1.54, 1.807) is 30.5 Å². The first-order valence-electron chi connectivity index (χ1n) is 5.65. The Labute approximate surface area is 111 Å². The third-order valence-corrected chi connectivity index (χ3v) is 2.84. The fourth-order valence-electron chi connectivity index (χ4n) is 1.70. The molecule has 3 nitrogen and oxygen atoms in total. The van der Waals surface area contributed by atoms with E-state index in [0.29, 0.717) is 23.7 Å². The number of ketones is 1. The zero-order chi connectivity index (χ0) is 13.0. The highest BCUT2D eigenvalue weighted by atomic mass is 35.5. The molecule has 0 aliphatic carbocycles. The fraction of sp³-hybridized carbons (Fsp3) is 0.214. The summed E-state index contributed by atoms with van der Waals surface area (Å²) in [5, 5.41) is 0.635. The highest BCUT2D eigenvalue weighted by molar-refractivity contribution is 6.30. The monoisotopic (exact) mass is 263 g/mol. The highest BCUT2D eigenvalue weighted by Crippen LogP contribution is 2.11. The van der Waals surface area contributed by atoms with Gasteiger partial charge in [0.15, 0.2) is 5.78 Å². The third-order valence-electron chi connectivity index (χ3n) is 2.59. The maximum atomic E-state index is 12.0. The van der Waals surface area contributed by atoms with Gasteiger partial charge in [-0.3, -0.25) is 9.69 Å². The Hall–Kier alpha value is -1.58. The predicted octanol–water partition coefficient (Wildman–Crippen LogP) is 3.25. The number of hydrogen-bond donors (Lipinski definition) is 0. The van der Waals surface area contributed by atoms with E-state index >= 15 is 0 Å². The van der Waals surface area contributed by atoms with Crippen LogP contribution in [0.2, 0.25) is 5.02 Å². The van der Waals surface area contributed by atoms with Crippen LogP contribution in [-0.2, 0) is 6.54 Å². The van der Waals surface area contributed by atoms with Gasteiger partial charge < -0.3 is 4.42 Å². The van der Waals surface area contributed by atoms with E-state index in [0.717, 1.165) is 5.76 Å². The Bertz CT molecular complexity index is 505. The van der Waals surface area contributed by atoms with Gasteiger partial charge in [0, 0.05) is 10.6 Å². The van der Waals surface area contributed by atoms with Gasteiger partial charge >= 0.3 is 0 Å². The Kier molecular flexibility index (Phi) is 4.18. The van der Waals surface area contributed by atoms with E-state index in [9.17, 15) is 4.79 Å². The second kappa shape index (κ2) is 5.85. The molecule has 0 fully saturated rings. The van der Waals surface area contributed by atoms with Crippen LogP contribution < -0.4 is 0 Å². The smallest absolute Gasteiger partial charge is 0.176 e. The lowest BCUT2D eigenvalue weighted by Gasteiger charge is -2.14. The van der Waals surface area contributed by atoms with Crippen molar-refractivity contribution in [3.63, 3.8) is 0 Å². The van der Waals surface area contributed by atoms with Crippen molar-refractivity contribution in [2.24, 2.45) is 0 Å². The van der Waals surface area contributed by atoms with Crippen LogP contribution >= 0.6 is 11.6 Å². The lowest BCUT2D eigenvalue weighted by Crippen LogP contribution is -2.25. The molecule has 0 aliphatic rings. The summed E-state index contributed by atoms with van der Waals surface area (Å²) in [4.78, 5) is 13.9. The van der Waals surface area contributed by atoms with Crippen molar-refractivity contribution in [3.8, 4) is 0 Å². The van der Waals surface area contributed by atoms with Gasteiger partial charge in [0.2, 0.25) is 0 Å². The Morgan fingerprint density at radius 1 is 1.28 bits per heavy atom. The van der Waals surface area contributed by atoms with Crippen LogP contribution in [-0.4, -0.2) is 24.3 Å². The molecule has 0 saturated heterocycles. The minimum Gasteiger partial charge on any atom is -0.468 e. The summed E-state index contributed by atoms with van der Waals surface area (Å²) in [7, 11) is 1.89. The maximum absolute atomic E-state index is 12.0. The normalized spacial score (nSPS) is 10.8. The molecule has 1 aromatic carbocycles. The second-order valence-corrected chi connectivity index (χ2v) is 4.62. The molecule has 0 saturated carbocycles. The van der Waals surface area contributed by atoms with E-state index in [2.05, 4.69) is 0 Å². The van der Waals surface area contributed by atoms with Crippen molar-refractivity contribution < 1.29 is 9.21 Å². The summed E-state index contributed by atoms with van der Waals surface area (Å²) in [6, 6.07) is 10.7. The Morgan fingerprint density at radius 2 is 2.00 bits per heavy atom. The van der Waals surface area contributed by atoms with E-state index in [1.165, 1.54) is 0 Å². The number of carbonyl (C=O) groups excluding carboxylic acids is 1. The minimum atomic E-state index is 0.0701. The average Bonchev–Trinajstić information content (AvgIpc) is 2.82. The van der Waals surface area contributed by atoms with Crippen molar-refractivity contribution in [2.45, 2.75) is 6.54 Å². The number of halogens is 1. The average molecular weight is 264 g/mol. The molecule has 1 aromatic heterocycles. The Morgan fingerprint density at radius 3 is 2.61 bits per heavy atom. The number of Topliss-reactive ketones (excluding diaryl/α,β-unsaturated/α-hetero) is 1. The first-order valence-corrected chi connectivity index (χ1v) is 6.02. The summed E-state index contributed by atoms with van der Waals surface area (Å²) in [5.74, 6) is 0.919. The van der Waals surface area contributed by atoms with Crippen molar-refractivity contribution in [3.05, 3.63) is 59.0 Å². The lowest BCUT2D eigenvalue weighted by molar-refractivity contribution is 0.0939. The third kappa shape index (κ3) is 3.45. The highest BCUT2D eigenvalue weighted by Gasteiger charge is 2.10. The minimum absolute atomic E-state index is 0.0701. The van der Waals surface area contributed by atoms with Crippen molar-refractivity contribution in [1.82, 2.24) is 4.90 Å². The molecule has 94 valence electrons. The van der Waals surface area contributed by atoms with Crippen LogP contribution in [0.25, 0.3) is 0 Å². The first kappa shape index (κ1) is 12.9. The fourth-order valence-corrected chi connectivity index (χ4v) is 1.82. The SMILES string of the molecule is CN(CC(=O)c1ccc(Cl)cc1)Cc1ccco1. The van der Waals surface area contributed by atoms with Gasteiger partial charge in [0.1, 0.15) is 5.76 Å². The molecular weight excluding hydrogens is 250 g/mol. The number of furan rings is 1. The van der Waals surface area contributed by atoms with Crippen molar-refractivity contribution in [2.75, 3.05) is 13.6 Å². The maximum Gasteiger partial charge on any atom is 0.176 e. The van der Waals surface area contributed by atoms with Gasteiger partial charge in [-0.1, -0.05) is 11.6 Å². The summed E-state index contributed by atoms with van der Waals surface area (Å²) in [6.45, 7) is 0.967. The van der Waals surface area contributed by atoms with Gasteiger partial charge in [0.25, 0.3) is 0 Å². The molecule has 0 N–H and O–H groups in total. The van der Waals surface area contributed by atoms with Crippen LogP contribution in [0.3, 0.4) is 0 Å². The van der Waals surface area contributed by atoms with Gasteiger partial charge in [0.05, 0.1) is 19.4 Å². The van der Waals surface area contributed by atoms with Gasteiger partial charge in [-0.25, -0.2) is 0 Å². The zero-order valence-electron chi connectivity index (χ0n) is 10.1. The van der Waals surface area contributed by atoms with E-state index in [-0.39, 0.29) is 5.78 Å². The van der Waals surface area contributed by atoms with E-state index in [1.807, 2.05) is 24.1 Å². The summed E-state index contributed by atoms with van der Waals surface area (Å²) < 4.78 is 5.24. The predicted molar refractivity (Wildman–Crippen MR) is 70.8 cm³/mol. The lowest BCUT2D eigenvalue weighted by atomic mass is 10.1. The molecule has 0 aliphatic heterocycles. The van der Waals surface area contributed by atoms with Crippen LogP contribution in [0.5, 0.6) is 0 Å². The molecule has 0 spiro atoms. The molecule has 0 bridgehead atoms. The summed E-state index contributed by atoms with van der Waals surface area (Å²) in [5.41, 5.74) is 0.672. The summed E-state index contributed by atoms with van der Waals surface area (Å²) in [6.07, 6.45) is 1.63. The molecule has 1 heterocycles. The Balaban J connectivity index is 1.92. The number of nitrogens with zero attached hydrogens (tertiary/aromatic N) is 1. The van der Waals surface area contributed by atoms with Crippen molar-refractivity contribution >= 4 is 17.4 Å². The molecule has 2 rings (SSSR count). The molecule has 18 heavy (non-hydrogen) atoms. The molecule has 4 heteroatoms. The van der Waals surface area contributed by atoms with E-state index < -0.39 is 0 Å². The van der Waals surface area contributed by atoms with Crippen LogP contribution in [0.1, 0.15) is 16.1 Å². The topological polar surface area (TPSA) is 33.5 Å². The first-order chi connectivity index (χ1) is 8.65. The van der Waals surface area contributed by atoms with Gasteiger partial charge in [-0.05, 0) is 43.4 Å². The number of carbonyl (C=O) groups is 1. The number of benzene rings is 1. The van der Waals surface area contributed by atoms with Crippen LogP contribution in [0, 0.1) is 0 Å². The van der Waals surface area contributed by atoms with Crippen LogP contribution in [0.4, 0.5) is 0 Å². The zero-order valence-corrected chi connectivity index (χ0v) is 10.9. The molecule has 0 atom stereocenters. The molecule has 0 radical (unpaired) electrons. The van der Waals surface area contributed by atoms with Gasteiger partial charge in [-0.15, -0.1) is 0 Å². The number of hydrogen-bond acceptors (Lipinski definition) is 3. The quantitative estimate of drug-likeness (QED) is 0.777. The van der Waals surface area contributed by atoms with Crippen LogP contribution in [0.15, 0.2) is 47.1 Å². The standard InChI is InChI=1S/C14H14ClNO2/c1-16(9-13-3-2-8-18-13)10-14(17)11-4-6-12(15)7-5-11/h2-8H,9-10H2,1H3. The molecular formula is C14H14ClNO2. The molecule has 0 unspecified atom stereocenters. The van der Waals surface area contributed by atoms with E-state index in [4.69, 9.17) is 16.0 Å². The second-order valence-electron chi connectivity index (χ2n) is 4.18. The number of rotatable bonds is 5. The largest absolute Gasteiger partial charge is 0.468 e. The molecule has 2 aromatic rings. The molecule has 0 amide bonds. The van der Waals surface area contributed by atoms with Crippen molar-refractivity contribution in [1.29, 1.82) is 0 Å². The number of likely N-dealkylation sites (N-methyl/N-ethyl adjacent to an activating group) is 1.